The number of halogens is 1. The van der Waals surface area contributed by atoms with E-state index in [9.17, 15) is 14.3 Å². The first-order valence-corrected chi connectivity index (χ1v) is 8.83. The molecule has 134 valence electrons. The molecule has 1 saturated heterocycles. The van der Waals surface area contributed by atoms with Gasteiger partial charge in [0.15, 0.2) is 0 Å². The Morgan fingerprint density at radius 1 is 1.19 bits per heavy atom. The van der Waals surface area contributed by atoms with Gasteiger partial charge in [-0.05, 0) is 49.2 Å². The molecule has 1 amide bonds. The molecule has 1 aliphatic rings. The molecule has 1 fully saturated rings. The molecule has 26 heavy (non-hydrogen) atoms. The van der Waals surface area contributed by atoms with E-state index in [-0.39, 0.29) is 24.2 Å². The molecule has 1 aliphatic heterocycles. The molecule has 0 bridgehead atoms. The number of aromatic amines is 1. The van der Waals surface area contributed by atoms with Crippen molar-refractivity contribution in [2.45, 2.75) is 25.4 Å². The first-order valence-electron chi connectivity index (χ1n) is 8.83. The quantitative estimate of drug-likeness (QED) is 0.740. The van der Waals surface area contributed by atoms with Gasteiger partial charge in [-0.15, -0.1) is 0 Å². The number of aliphatic hydroxyl groups is 1. The van der Waals surface area contributed by atoms with Gasteiger partial charge in [0, 0.05) is 29.9 Å². The van der Waals surface area contributed by atoms with Crippen molar-refractivity contribution in [1.29, 1.82) is 0 Å². The lowest BCUT2D eigenvalue weighted by Crippen LogP contribution is -2.45. The molecule has 5 heteroatoms. The predicted octanol–water partition coefficient (Wildman–Crippen LogP) is 3.61. The van der Waals surface area contributed by atoms with Crippen molar-refractivity contribution >= 4 is 16.8 Å². The average Bonchev–Trinajstić information content (AvgIpc) is 3.05. The van der Waals surface area contributed by atoms with Gasteiger partial charge in [-0.25, -0.2) is 4.39 Å². The first kappa shape index (κ1) is 16.8. The number of hydrogen-bond acceptors (Lipinski definition) is 2. The van der Waals surface area contributed by atoms with E-state index in [0.717, 1.165) is 22.0 Å². The molecule has 0 spiro atoms. The van der Waals surface area contributed by atoms with Gasteiger partial charge in [0.05, 0.1) is 6.10 Å². The maximum absolute atomic E-state index is 13.1. The summed E-state index contributed by atoms with van der Waals surface area (Å²) >= 11 is 0. The van der Waals surface area contributed by atoms with E-state index in [1.807, 2.05) is 31.2 Å². The van der Waals surface area contributed by atoms with Crippen molar-refractivity contribution in [2.24, 2.45) is 0 Å². The van der Waals surface area contributed by atoms with Crippen LogP contribution < -0.4 is 0 Å². The zero-order valence-electron chi connectivity index (χ0n) is 14.6. The van der Waals surface area contributed by atoms with Gasteiger partial charge in [0.2, 0.25) is 0 Å². The summed E-state index contributed by atoms with van der Waals surface area (Å²) in [6.45, 7) is 2.85. The number of amides is 1. The summed E-state index contributed by atoms with van der Waals surface area (Å²) in [6, 6.07) is 14.1. The van der Waals surface area contributed by atoms with Crippen molar-refractivity contribution in [2.75, 3.05) is 13.1 Å². The van der Waals surface area contributed by atoms with E-state index >= 15 is 0 Å². The van der Waals surface area contributed by atoms with Crippen LogP contribution in [0.25, 0.3) is 10.9 Å². The molecule has 0 aliphatic carbocycles. The van der Waals surface area contributed by atoms with E-state index in [0.29, 0.717) is 18.7 Å². The number of benzene rings is 2. The van der Waals surface area contributed by atoms with Crippen molar-refractivity contribution in [3.63, 3.8) is 0 Å². The summed E-state index contributed by atoms with van der Waals surface area (Å²) in [4.78, 5) is 17.7. The number of carbonyl (C=O) groups is 1. The summed E-state index contributed by atoms with van der Waals surface area (Å²) in [5.74, 6) is -0.467. The number of β-amino-alcohol motifs (C(OH)–C–C–N with tert-alkyl or cyclic N) is 1. The molecular formula is C21H21FN2O2. The molecule has 0 saturated carbocycles. The van der Waals surface area contributed by atoms with Crippen LogP contribution in [0.2, 0.25) is 0 Å². The van der Waals surface area contributed by atoms with E-state index < -0.39 is 6.10 Å². The number of H-pyrrole nitrogens is 1. The van der Waals surface area contributed by atoms with Gasteiger partial charge in [-0.1, -0.05) is 23.8 Å². The lowest BCUT2D eigenvalue weighted by atomic mass is 9.87. The number of hydrogen-bond donors (Lipinski definition) is 2. The fourth-order valence-corrected chi connectivity index (χ4v) is 3.75. The van der Waals surface area contributed by atoms with Crippen LogP contribution >= 0.6 is 0 Å². The lowest BCUT2D eigenvalue weighted by molar-refractivity contribution is 0.0378. The smallest absolute Gasteiger partial charge is 0.270 e. The molecule has 4 nitrogen and oxygen atoms in total. The molecule has 0 unspecified atom stereocenters. The van der Waals surface area contributed by atoms with Gasteiger partial charge in [0.25, 0.3) is 5.91 Å². The fourth-order valence-electron chi connectivity index (χ4n) is 3.75. The Morgan fingerprint density at radius 2 is 1.96 bits per heavy atom. The topological polar surface area (TPSA) is 56.3 Å². The minimum absolute atomic E-state index is 0.0787. The number of aryl methyl sites for hydroxylation is 1. The second kappa shape index (κ2) is 6.57. The Hall–Kier alpha value is -2.66. The van der Waals surface area contributed by atoms with Gasteiger partial charge >= 0.3 is 0 Å². The maximum atomic E-state index is 13.1. The molecule has 2 heterocycles. The number of nitrogens with one attached hydrogen (secondary N) is 1. The Morgan fingerprint density at radius 3 is 2.69 bits per heavy atom. The highest BCUT2D eigenvalue weighted by Gasteiger charge is 2.32. The molecule has 1 aromatic heterocycles. The normalized spacial score (nSPS) is 20.5. The minimum atomic E-state index is -0.662. The van der Waals surface area contributed by atoms with Gasteiger partial charge in [-0.3, -0.25) is 4.79 Å². The van der Waals surface area contributed by atoms with Crippen LogP contribution in [0.4, 0.5) is 4.39 Å². The highest BCUT2D eigenvalue weighted by atomic mass is 19.1. The van der Waals surface area contributed by atoms with Crippen LogP contribution in [0.1, 0.15) is 34.0 Å². The zero-order chi connectivity index (χ0) is 18.3. The number of rotatable bonds is 2. The second-order valence-electron chi connectivity index (χ2n) is 7.04. The van der Waals surface area contributed by atoms with Crippen LogP contribution in [-0.4, -0.2) is 40.1 Å². The highest BCUT2D eigenvalue weighted by Crippen LogP contribution is 2.29. The molecule has 3 aromatic rings. The third-order valence-electron chi connectivity index (χ3n) is 5.17. The highest BCUT2D eigenvalue weighted by molar-refractivity contribution is 5.98. The third kappa shape index (κ3) is 3.10. The van der Waals surface area contributed by atoms with Crippen LogP contribution in [0, 0.1) is 12.7 Å². The summed E-state index contributed by atoms with van der Waals surface area (Å²) in [6.07, 6.45) is -0.0116. The van der Waals surface area contributed by atoms with Crippen molar-refractivity contribution in [3.05, 3.63) is 71.2 Å². The zero-order valence-corrected chi connectivity index (χ0v) is 14.6. The largest absolute Gasteiger partial charge is 0.391 e. The van der Waals surface area contributed by atoms with Gasteiger partial charge in [-0.2, -0.15) is 0 Å². The molecular weight excluding hydrogens is 331 g/mol. The standard InChI is InChI=1S/C21H21FN2O2/c1-13-2-7-18-15(10-13)11-19(23-18)21(26)24-9-8-17(20(25)12-24)14-3-5-16(22)6-4-14/h2-7,10-11,17,20,23,25H,8-9,12H2,1H3/t17-,20+/m0/s1. The summed E-state index contributed by atoms with van der Waals surface area (Å²) in [5.41, 5.74) is 3.52. The average molecular weight is 352 g/mol. The number of piperidine rings is 1. The molecule has 2 atom stereocenters. The SMILES string of the molecule is Cc1ccc2[nH]c(C(=O)N3CC[C@@H](c4ccc(F)cc4)[C@H](O)C3)cc2c1. The van der Waals surface area contributed by atoms with Gasteiger partial charge in [0.1, 0.15) is 11.5 Å². The van der Waals surface area contributed by atoms with E-state index in [1.54, 1.807) is 17.0 Å². The summed E-state index contributed by atoms with van der Waals surface area (Å²) < 4.78 is 13.1. The van der Waals surface area contributed by atoms with Crippen LogP contribution in [0.15, 0.2) is 48.5 Å². The minimum Gasteiger partial charge on any atom is -0.391 e. The monoisotopic (exact) mass is 352 g/mol. The van der Waals surface area contributed by atoms with Crippen molar-refractivity contribution < 1.29 is 14.3 Å². The van der Waals surface area contributed by atoms with Crippen LogP contribution in [-0.2, 0) is 0 Å². The maximum Gasteiger partial charge on any atom is 0.270 e. The lowest BCUT2D eigenvalue weighted by Gasteiger charge is -2.36. The van der Waals surface area contributed by atoms with Gasteiger partial charge < -0.3 is 15.0 Å². The molecule has 0 radical (unpaired) electrons. The fraction of sp³-hybridized carbons (Fsp3) is 0.286. The Balaban J connectivity index is 1.50. The Labute approximate surface area is 151 Å². The number of fused-ring (bicyclic) bond motifs is 1. The Kier molecular flexibility index (Phi) is 4.24. The number of aromatic nitrogens is 1. The van der Waals surface area contributed by atoms with E-state index in [2.05, 4.69) is 4.98 Å². The molecule has 2 N–H and O–H groups in total. The number of aliphatic hydroxyl groups excluding tert-OH is 1. The Bertz CT molecular complexity index is 948. The molecule has 4 rings (SSSR count). The predicted molar refractivity (Wildman–Crippen MR) is 98.7 cm³/mol. The summed E-state index contributed by atoms with van der Waals surface area (Å²) in [5, 5.41) is 11.5. The summed E-state index contributed by atoms with van der Waals surface area (Å²) in [7, 11) is 0. The molecule has 2 aromatic carbocycles. The second-order valence-corrected chi connectivity index (χ2v) is 7.04. The number of likely N-dealkylation sites (tertiary alicyclic amines) is 1. The number of carbonyl (C=O) groups excluding carboxylic acids is 1. The van der Waals surface area contributed by atoms with Crippen LogP contribution in [0.5, 0.6) is 0 Å². The van der Waals surface area contributed by atoms with E-state index in [1.165, 1.54) is 12.1 Å². The number of nitrogens with zero attached hydrogens (tertiary/aromatic N) is 1. The van der Waals surface area contributed by atoms with Crippen molar-refractivity contribution in [1.82, 2.24) is 9.88 Å². The first-order chi connectivity index (χ1) is 12.5. The van der Waals surface area contributed by atoms with Crippen LogP contribution in [0.3, 0.4) is 0 Å². The third-order valence-corrected chi connectivity index (χ3v) is 5.17. The van der Waals surface area contributed by atoms with E-state index in [4.69, 9.17) is 0 Å². The van der Waals surface area contributed by atoms with Crippen molar-refractivity contribution in [3.8, 4) is 0 Å².